The van der Waals surface area contributed by atoms with E-state index in [9.17, 15) is 37.2 Å². The van der Waals surface area contributed by atoms with Crippen LogP contribution in [0.3, 0.4) is 0 Å². The van der Waals surface area contributed by atoms with Crippen LogP contribution in [-0.2, 0) is 14.8 Å². The molecule has 2 aromatic heterocycles. The van der Waals surface area contributed by atoms with Gasteiger partial charge in [0.25, 0.3) is 21.6 Å². The summed E-state index contributed by atoms with van der Waals surface area (Å²) in [7, 11) is -4.66. The van der Waals surface area contributed by atoms with Crippen molar-refractivity contribution in [2.45, 2.75) is 119 Å². The summed E-state index contributed by atoms with van der Waals surface area (Å²) in [6.07, 6.45) is 9.32. The van der Waals surface area contributed by atoms with Gasteiger partial charge < -0.3 is 39.4 Å². The number of ether oxygens (including phenoxy) is 3. The van der Waals surface area contributed by atoms with Gasteiger partial charge in [0.1, 0.15) is 28.9 Å². The van der Waals surface area contributed by atoms with Crippen LogP contribution in [0.25, 0.3) is 11.0 Å². The Morgan fingerprint density at radius 1 is 0.890 bits per heavy atom. The molecule has 0 unspecified atom stereocenters. The lowest BCUT2D eigenvalue weighted by Gasteiger charge is -2.59. The molecule has 21 heteroatoms. The fourth-order valence-corrected chi connectivity index (χ4v) is 15.4. The molecule has 6 aromatic rings. The average molecular weight is 1140 g/mol. The number of aromatic amines is 1. The molecule has 4 aromatic carbocycles. The van der Waals surface area contributed by atoms with E-state index in [4.69, 9.17) is 19.2 Å². The molecule has 0 bridgehead atoms. The lowest BCUT2D eigenvalue weighted by atomic mass is 9.59. The Balaban J connectivity index is 0.756. The van der Waals surface area contributed by atoms with Gasteiger partial charge >= 0.3 is 0 Å². The van der Waals surface area contributed by atoms with Crippen LogP contribution < -0.4 is 29.3 Å². The number of piperidine rings is 1. The minimum absolute atomic E-state index is 0.0829. The van der Waals surface area contributed by atoms with E-state index < -0.39 is 54.8 Å². The summed E-state index contributed by atoms with van der Waals surface area (Å²) in [5.41, 5.74) is 4.99. The number of aliphatic hydroxyl groups is 1. The predicted octanol–water partition coefficient (Wildman–Crippen LogP) is 9.85. The summed E-state index contributed by atoms with van der Waals surface area (Å²) in [6, 6.07) is 24.1. The standard InChI is InChI=1S/C61H69F2N9O9S/c1-37-5-3-4-6-43(37)54-35-69(49-15-26-80-55-31-47(63)46(62)30-45(49)55)23-24-70(54)41-32-61(33-41)18-21-68(22-19-61)40-7-9-44(51(28-40)71-50-14-25-79-36-56(50)81-59-53(71)27-39-13-20-64-57(39)66-59)58(73)67-82(77,78)42-8-10-48(52(29-42)72(75)76)65-34-38-11-16-60(2,74)17-12-38/h3-10,13,20,27-31,38,41,49-50,54,56,65,74H,11-12,14-19,21-26,32-36H2,1-2H3,(H,64,66)(H,67,73)/t38?,49-,50-,54-,56-,60?/m0/s1. The molecule has 4 N–H and O–H groups in total. The molecule has 2 saturated carbocycles. The number of piperazine rings is 1. The zero-order valence-electron chi connectivity index (χ0n) is 46.1. The molecule has 432 valence electrons. The number of aryl methyl sites for hydroxylation is 1. The average Bonchev–Trinajstić information content (AvgIpc) is 2.85. The van der Waals surface area contributed by atoms with Gasteiger partial charge in [0, 0.05) is 105 Å². The van der Waals surface area contributed by atoms with Crippen LogP contribution >= 0.6 is 0 Å². The number of amides is 1. The number of nitro benzene ring substituents is 1. The molecule has 0 radical (unpaired) electrons. The number of carbonyl (C=O) groups excluding carboxylic acids is 1. The van der Waals surface area contributed by atoms with Crippen molar-refractivity contribution in [3.05, 3.63) is 135 Å². The molecule has 82 heavy (non-hydrogen) atoms. The Bertz CT molecular complexity index is 3560. The SMILES string of the molecule is Cc1ccccc1[C@@H]1CN([C@H]2CCOc3cc(F)c(F)cc32)CCN1C1CC2(CCN(c3ccc(C(=O)NS(=O)(=O)c4ccc(NCC5CCC(C)(O)CC5)c([N+](=O)[O-])c4)c(N4c5cc6cc[nH]c6nc5O[C@H]5COCC[C@@H]54)c3)CC2)C1. The second kappa shape index (κ2) is 21.4. The van der Waals surface area contributed by atoms with Crippen molar-refractivity contribution in [2.75, 3.05) is 74.2 Å². The number of halogens is 2. The van der Waals surface area contributed by atoms with Crippen molar-refractivity contribution in [3.63, 3.8) is 0 Å². The normalized spacial score (nSPS) is 25.7. The van der Waals surface area contributed by atoms with Gasteiger partial charge in [0.05, 0.1) is 45.9 Å². The van der Waals surface area contributed by atoms with Gasteiger partial charge in [0.15, 0.2) is 11.6 Å². The molecule has 5 aliphatic heterocycles. The summed E-state index contributed by atoms with van der Waals surface area (Å²) in [5.74, 6) is -1.73. The van der Waals surface area contributed by atoms with E-state index in [-0.39, 0.29) is 47.3 Å². The second-order valence-electron chi connectivity index (χ2n) is 24.2. The van der Waals surface area contributed by atoms with E-state index in [1.54, 1.807) is 12.3 Å². The van der Waals surface area contributed by atoms with Gasteiger partial charge in [-0.05, 0) is 143 Å². The highest BCUT2D eigenvalue weighted by atomic mass is 32.2. The highest BCUT2D eigenvalue weighted by Gasteiger charge is 2.51. The molecule has 1 amide bonds. The number of carbonyl (C=O) groups is 1. The largest absolute Gasteiger partial charge is 0.493 e. The third-order valence-corrected chi connectivity index (χ3v) is 20.4. The summed E-state index contributed by atoms with van der Waals surface area (Å²) in [4.78, 5) is 43.7. The summed E-state index contributed by atoms with van der Waals surface area (Å²) < 4.78 is 78.2. The van der Waals surface area contributed by atoms with Gasteiger partial charge in [-0.25, -0.2) is 21.9 Å². The number of rotatable bonds is 12. The monoisotopic (exact) mass is 1140 g/mol. The van der Waals surface area contributed by atoms with Crippen LogP contribution in [0.2, 0.25) is 0 Å². The van der Waals surface area contributed by atoms with Crippen LogP contribution in [0.1, 0.15) is 110 Å². The maximum Gasteiger partial charge on any atom is 0.293 e. The summed E-state index contributed by atoms with van der Waals surface area (Å²) in [5, 5.41) is 26.8. The van der Waals surface area contributed by atoms with Crippen molar-refractivity contribution in [1.29, 1.82) is 0 Å². The summed E-state index contributed by atoms with van der Waals surface area (Å²) >= 11 is 0. The van der Waals surface area contributed by atoms with Gasteiger partial charge in [0.2, 0.25) is 5.88 Å². The number of pyridine rings is 1. The first-order chi connectivity index (χ1) is 39.5. The number of anilines is 4. The van der Waals surface area contributed by atoms with Gasteiger partial charge in [-0.15, -0.1) is 0 Å². The first kappa shape index (κ1) is 54.3. The second-order valence-corrected chi connectivity index (χ2v) is 25.9. The number of benzene rings is 4. The molecular formula is C61H69F2N9O9S. The lowest BCUT2D eigenvalue weighted by molar-refractivity contribution is -0.384. The zero-order valence-corrected chi connectivity index (χ0v) is 46.9. The Morgan fingerprint density at radius 2 is 1.68 bits per heavy atom. The highest BCUT2D eigenvalue weighted by molar-refractivity contribution is 7.90. The number of fused-ring (bicyclic) bond motifs is 4. The van der Waals surface area contributed by atoms with Crippen molar-refractivity contribution >= 4 is 55.4 Å². The van der Waals surface area contributed by atoms with Crippen molar-refractivity contribution in [2.24, 2.45) is 11.3 Å². The number of nitro groups is 1. The zero-order chi connectivity index (χ0) is 56.7. The van der Waals surface area contributed by atoms with Crippen molar-refractivity contribution in [1.82, 2.24) is 24.5 Å². The van der Waals surface area contributed by atoms with Crippen LogP contribution in [-0.4, -0.2) is 127 Å². The van der Waals surface area contributed by atoms with E-state index in [1.807, 2.05) is 31.2 Å². The number of nitrogens with one attached hydrogen (secondary N) is 3. The van der Waals surface area contributed by atoms with E-state index in [0.29, 0.717) is 85.7 Å². The number of sulfonamides is 1. The fourth-order valence-electron chi connectivity index (χ4n) is 14.4. The first-order valence-electron chi connectivity index (χ1n) is 28.9. The smallest absolute Gasteiger partial charge is 0.293 e. The van der Waals surface area contributed by atoms with Crippen LogP contribution in [0.5, 0.6) is 11.6 Å². The fraction of sp³-hybridized carbons (Fsp3) is 0.475. The molecular weight excluding hydrogens is 1070 g/mol. The Hall–Kier alpha value is -6.91. The molecule has 7 aliphatic rings. The molecule has 4 atom stereocenters. The third-order valence-electron chi connectivity index (χ3n) is 19.1. The molecule has 5 fully saturated rings. The highest BCUT2D eigenvalue weighted by Crippen LogP contribution is 2.54. The van der Waals surface area contributed by atoms with Crippen molar-refractivity contribution in [3.8, 4) is 11.6 Å². The first-order valence-corrected chi connectivity index (χ1v) is 30.4. The molecule has 1 spiro atoms. The molecule has 18 nitrogen and oxygen atoms in total. The number of hydrogen-bond donors (Lipinski definition) is 4. The summed E-state index contributed by atoms with van der Waals surface area (Å²) in [6.45, 7) is 9.45. The van der Waals surface area contributed by atoms with E-state index >= 15 is 0 Å². The van der Waals surface area contributed by atoms with E-state index in [2.05, 4.69) is 65.8 Å². The number of nitrogens with zero attached hydrogens (tertiary/aromatic N) is 6. The lowest BCUT2D eigenvalue weighted by Crippen LogP contribution is -2.60. The van der Waals surface area contributed by atoms with Crippen LogP contribution in [0, 0.1) is 40.0 Å². The minimum Gasteiger partial charge on any atom is -0.493 e. The maximum absolute atomic E-state index is 14.8. The van der Waals surface area contributed by atoms with Gasteiger partial charge in [-0.1, -0.05) is 24.3 Å². The number of hydrogen-bond acceptors (Lipinski definition) is 15. The van der Waals surface area contributed by atoms with Crippen LogP contribution in [0.15, 0.2) is 96.0 Å². The third kappa shape index (κ3) is 10.3. The van der Waals surface area contributed by atoms with Gasteiger partial charge in [-0.3, -0.25) is 24.7 Å². The topological polar surface area (TPSA) is 208 Å². The Morgan fingerprint density at radius 3 is 2.48 bits per heavy atom. The number of H-pyrrole nitrogens is 1. The molecule has 13 rings (SSSR count). The minimum atomic E-state index is -4.66. The molecule has 2 aliphatic carbocycles. The maximum atomic E-state index is 14.8. The predicted molar refractivity (Wildman–Crippen MR) is 305 cm³/mol. The molecule has 7 heterocycles. The Labute approximate surface area is 475 Å². The number of aromatic nitrogens is 2. The quantitative estimate of drug-likeness (QED) is 0.0664. The van der Waals surface area contributed by atoms with Crippen LogP contribution in [0.4, 0.5) is 37.2 Å². The van der Waals surface area contributed by atoms with Crippen molar-refractivity contribution < 1.29 is 46.2 Å². The molecule has 3 saturated heterocycles. The van der Waals surface area contributed by atoms with E-state index in [0.717, 1.165) is 88.4 Å². The van der Waals surface area contributed by atoms with E-state index in [1.165, 1.54) is 35.4 Å². The Kier molecular flexibility index (Phi) is 14.2. The van der Waals surface area contributed by atoms with Gasteiger partial charge in [-0.2, -0.15) is 4.98 Å².